The topological polar surface area (TPSA) is 46.6 Å². The molecule has 0 aromatic carbocycles. The van der Waals surface area contributed by atoms with Crippen LogP contribution in [-0.4, -0.2) is 49.4 Å². The van der Waals surface area contributed by atoms with Gasteiger partial charge in [-0.15, -0.1) is 0 Å². The first-order valence-corrected chi connectivity index (χ1v) is 13.4. The summed E-state index contributed by atoms with van der Waals surface area (Å²) in [5.74, 6) is -0.880. The lowest BCUT2D eigenvalue weighted by atomic mass is 9.88. The zero-order chi connectivity index (χ0) is 21.8. The van der Waals surface area contributed by atoms with E-state index in [1.54, 1.807) is 6.92 Å². The highest BCUT2D eigenvalue weighted by Gasteiger charge is 2.47. The third-order valence-corrected chi connectivity index (χ3v) is 9.93. The van der Waals surface area contributed by atoms with Crippen LogP contribution >= 0.6 is 0 Å². The first-order valence-electron chi connectivity index (χ1n) is 11.9. The maximum atomic E-state index is 13.3. The number of hydrogen-bond donors (Lipinski definition) is 0. The maximum Gasteiger partial charge on any atom is 0.391 e. The van der Waals surface area contributed by atoms with E-state index in [1.165, 1.54) is 36.4 Å². The predicted molar refractivity (Wildman–Crippen MR) is 112 cm³/mol. The van der Waals surface area contributed by atoms with E-state index in [2.05, 4.69) is 0 Å². The van der Waals surface area contributed by atoms with E-state index in [4.69, 9.17) is 4.74 Å². The molecular formula is C22H38F3NO3S. The van der Waals surface area contributed by atoms with Crippen LogP contribution < -0.4 is 0 Å². The summed E-state index contributed by atoms with van der Waals surface area (Å²) >= 11 is 0. The van der Waals surface area contributed by atoms with Crippen molar-refractivity contribution in [2.24, 2.45) is 11.8 Å². The molecule has 8 heteroatoms. The van der Waals surface area contributed by atoms with Gasteiger partial charge in [0.1, 0.15) is 0 Å². The summed E-state index contributed by atoms with van der Waals surface area (Å²) in [5.41, 5.74) is 0. The van der Waals surface area contributed by atoms with Crippen molar-refractivity contribution < 1.29 is 26.3 Å². The molecule has 30 heavy (non-hydrogen) atoms. The van der Waals surface area contributed by atoms with E-state index in [0.29, 0.717) is 31.7 Å². The largest absolute Gasteiger partial charge is 0.391 e. The average Bonchev–Trinajstić information content (AvgIpc) is 2.73. The van der Waals surface area contributed by atoms with Gasteiger partial charge in [0, 0.05) is 19.2 Å². The summed E-state index contributed by atoms with van der Waals surface area (Å²) in [6, 6.07) is -0.156. The van der Waals surface area contributed by atoms with Crippen LogP contribution in [0.15, 0.2) is 0 Å². The van der Waals surface area contributed by atoms with Crippen molar-refractivity contribution >= 4 is 10.0 Å². The maximum absolute atomic E-state index is 13.3. The second-order valence-corrected chi connectivity index (χ2v) is 11.7. The Balaban J connectivity index is 1.60. The van der Waals surface area contributed by atoms with Crippen LogP contribution in [0.2, 0.25) is 0 Å². The molecule has 3 fully saturated rings. The third-order valence-electron chi connectivity index (χ3n) is 7.45. The molecule has 3 rings (SSSR count). The molecule has 3 aliphatic carbocycles. The minimum absolute atomic E-state index is 0.0438. The molecule has 0 radical (unpaired) electrons. The molecule has 0 heterocycles. The molecule has 0 aromatic heterocycles. The number of nitrogens with zero attached hydrogens (tertiary/aromatic N) is 1. The number of rotatable bonds is 7. The van der Waals surface area contributed by atoms with E-state index >= 15 is 0 Å². The number of alkyl halides is 3. The first-order chi connectivity index (χ1) is 14.2. The normalized spacial score (nSPS) is 32.4. The monoisotopic (exact) mass is 453 g/mol. The Labute approximate surface area is 180 Å². The van der Waals surface area contributed by atoms with Crippen LogP contribution in [0, 0.1) is 11.8 Å². The van der Waals surface area contributed by atoms with Gasteiger partial charge in [-0.25, -0.2) is 8.42 Å². The lowest BCUT2D eigenvalue weighted by Crippen LogP contribution is -2.49. The average molecular weight is 454 g/mol. The summed E-state index contributed by atoms with van der Waals surface area (Å²) < 4.78 is 74.0. The van der Waals surface area contributed by atoms with Crippen molar-refractivity contribution in [3.63, 3.8) is 0 Å². The van der Waals surface area contributed by atoms with Gasteiger partial charge in [0.05, 0.1) is 17.3 Å². The van der Waals surface area contributed by atoms with Crippen LogP contribution in [0.25, 0.3) is 0 Å². The van der Waals surface area contributed by atoms with E-state index in [1.807, 2.05) is 0 Å². The summed E-state index contributed by atoms with van der Waals surface area (Å²) in [7, 11) is -3.75. The van der Waals surface area contributed by atoms with Gasteiger partial charge >= 0.3 is 6.18 Å². The smallest absolute Gasteiger partial charge is 0.378 e. The zero-order valence-electron chi connectivity index (χ0n) is 18.2. The van der Waals surface area contributed by atoms with Crippen molar-refractivity contribution in [1.82, 2.24) is 4.31 Å². The van der Waals surface area contributed by atoms with E-state index in [-0.39, 0.29) is 25.0 Å². The van der Waals surface area contributed by atoms with Crippen LogP contribution in [0.3, 0.4) is 0 Å². The molecule has 0 aliphatic heterocycles. The van der Waals surface area contributed by atoms with Crippen molar-refractivity contribution in [2.45, 2.75) is 114 Å². The fourth-order valence-corrected chi connectivity index (χ4v) is 8.00. The Bertz CT molecular complexity index is 634. The van der Waals surface area contributed by atoms with Crippen molar-refractivity contribution in [2.75, 3.05) is 13.2 Å². The third kappa shape index (κ3) is 6.12. The molecule has 176 valence electrons. The van der Waals surface area contributed by atoms with Gasteiger partial charge in [-0.1, -0.05) is 32.6 Å². The summed E-state index contributed by atoms with van der Waals surface area (Å²) in [5, 5.41) is -0.915. The highest BCUT2D eigenvalue weighted by atomic mass is 32.2. The van der Waals surface area contributed by atoms with Gasteiger partial charge in [0.15, 0.2) is 0 Å². The lowest BCUT2D eigenvalue weighted by Gasteiger charge is -2.40. The van der Waals surface area contributed by atoms with Crippen molar-refractivity contribution in [3.05, 3.63) is 0 Å². The number of ether oxygens (including phenoxy) is 1. The zero-order valence-corrected chi connectivity index (χ0v) is 19.0. The SMILES string of the molecule is CCN(C1CCCC(OCC2CCCCC2)C1)S(=O)(=O)C1CCCC(C(F)(F)F)C1. The van der Waals surface area contributed by atoms with Crippen LogP contribution in [0.1, 0.15) is 90.4 Å². The van der Waals surface area contributed by atoms with E-state index in [9.17, 15) is 21.6 Å². The molecule has 3 saturated carbocycles. The summed E-state index contributed by atoms with van der Waals surface area (Å²) in [6.45, 7) is 2.87. The highest BCUT2D eigenvalue weighted by molar-refractivity contribution is 7.89. The van der Waals surface area contributed by atoms with Crippen molar-refractivity contribution in [3.8, 4) is 0 Å². The molecule has 0 spiro atoms. The Kier molecular flexibility index (Phi) is 8.52. The molecule has 4 unspecified atom stereocenters. The lowest BCUT2D eigenvalue weighted by molar-refractivity contribution is -0.181. The fourth-order valence-electron chi connectivity index (χ4n) is 5.71. The number of sulfonamides is 1. The molecule has 0 aromatic rings. The summed E-state index contributed by atoms with van der Waals surface area (Å²) in [4.78, 5) is 0. The predicted octanol–water partition coefficient (Wildman–Crippen LogP) is 5.67. The van der Waals surface area contributed by atoms with Gasteiger partial charge < -0.3 is 4.74 Å². The molecule has 0 bridgehead atoms. The molecule has 0 amide bonds. The molecular weight excluding hydrogens is 415 g/mol. The fraction of sp³-hybridized carbons (Fsp3) is 1.00. The second kappa shape index (κ2) is 10.5. The van der Waals surface area contributed by atoms with Crippen LogP contribution in [0.5, 0.6) is 0 Å². The van der Waals surface area contributed by atoms with E-state index in [0.717, 1.165) is 25.9 Å². The first kappa shape index (κ1) is 24.3. The van der Waals surface area contributed by atoms with Gasteiger partial charge in [0.2, 0.25) is 10.0 Å². The number of hydrogen-bond acceptors (Lipinski definition) is 3. The van der Waals surface area contributed by atoms with Crippen molar-refractivity contribution in [1.29, 1.82) is 0 Å². The molecule has 0 N–H and O–H groups in total. The Morgan fingerprint density at radius 2 is 1.60 bits per heavy atom. The van der Waals surface area contributed by atoms with Gasteiger partial charge in [-0.2, -0.15) is 17.5 Å². The molecule has 4 nitrogen and oxygen atoms in total. The Morgan fingerprint density at radius 3 is 2.27 bits per heavy atom. The van der Waals surface area contributed by atoms with Crippen LogP contribution in [0.4, 0.5) is 13.2 Å². The Morgan fingerprint density at radius 1 is 0.900 bits per heavy atom. The van der Waals surface area contributed by atoms with Gasteiger partial charge in [0.25, 0.3) is 0 Å². The number of halogens is 3. The van der Waals surface area contributed by atoms with Crippen LogP contribution in [-0.2, 0) is 14.8 Å². The summed E-state index contributed by atoms with van der Waals surface area (Å²) in [6.07, 6.45) is 5.71. The Hall–Kier alpha value is -0.340. The van der Waals surface area contributed by atoms with E-state index < -0.39 is 27.4 Å². The highest BCUT2D eigenvalue weighted by Crippen LogP contribution is 2.41. The van der Waals surface area contributed by atoms with Gasteiger partial charge in [-0.05, 0) is 63.7 Å². The molecule has 0 saturated heterocycles. The second-order valence-electron chi connectivity index (χ2n) is 9.56. The standard InChI is InChI=1S/C22H38F3NO3S/c1-2-26(30(27,28)21-13-6-10-18(14-21)22(23,24)25)19-11-7-12-20(15-19)29-16-17-8-4-3-5-9-17/h17-21H,2-16H2,1H3. The molecule has 3 aliphatic rings. The minimum atomic E-state index is -4.31. The van der Waals surface area contributed by atoms with Gasteiger partial charge in [-0.3, -0.25) is 0 Å². The quantitative estimate of drug-likeness (QED) is 0.499. The molecule has 4 atom stereocenters. The minimum Gasteiger partial charge on any atom is -0.378 e.